The minimum absolute atomic E-state index is 0.213. The number of nitrogens with one attached hydrogen (secondary N) is 1. The van der Waals surface area contributed by atoms with Gasteiger partial charge >= 0.3 is 6.09 Å². The highest BCUT2D eigenvalue weighted by atomic mass is 79.9. The maximum absolute atomic E-state index is 11.7. The van der Waals surface area contributed by atoms with Crippen molar-refractivity contribution < 1.29 is 9.53 Å². The van der Waals surface area contributed by atoms with E-state index in [9.17, 15) is 4.79 Å². The molecule has 0 spiro atoms. The van der Waals surface area contributed by atoms with Crippen molar-refractivity contribution >= 4 is 39.6 Å². The lowest BCUT2D eigenvalue weighted by Crippen LogP contribution is -2.15. The summed E-state index contributed by atoms with van der Waals surface area (Å²) in [5.41, 5.74) is 0.925. The second kappa shape index (κ2) is 7.25. The topological polar surface area (TPSA) is 64.1 Å². The molecule has 0 fully saturated rings. The van der Waals surface area contributed by atoms with Crippen molar-refractivity contribution in [2.24, 2.45) is 0 Å². The first kappa shape index (κ1) is 14.8. The van der Waals surface area contributed by atoms with Crippen LogP contribution in [-0.4, -0.2) is 22.3 Å². The second-order valence-electron chi connectivity index (χ2n) is 3.74. The van der Waals surface area contributed by atoms with E-state index in [-0.39, 0.29) is 6.61 Å². The van der Waals surface area contributed by atoms with E-state index in [1.54, 1.807) is 6.20 Å². The minimum Gasteiger partial charge on any atom is -0.444 e. The molecule has 0 bridgehead atoms. The van der Waals surface area contributed by atoms with Crippen molar-refractivity contribution in [3.8, 4) is 0 Å². The number of carbonyl (C=O) groups excluding carboxylic acids is 1. The number of amides is 1. The van der Waals surface area contributed by atoms with Crippen molar-refractivity contribution in [3.63, 3.8) is 0 Å². The van der Waals surface area contributed by atoms with Gasteiger partial charge in [0.25, 0.3) is 0 Å². The van der Waals surface area contributed by atoms with Gasteiger partial charge in [0.1, 0.15) is 6.61 Å². The molecule has 1 N–H and O–H groups in total. The number of halogens is 1. The van der Waals surface area contributed by atoms with Gasteiger partial charge in [-0.1, -0.05) is 42.1 Å². The lowest BCUT2D eigenvalue weighted by atomic mass is 10.2. The zero-order chi connectivity index (χ0) is 14.4. The van der Waals surface area contributed by atoms with Gasteiger partial charge in [-0.3, -0.25) is 5.32 Å². The number of ether oxygens (including phenoxy) is 1. The molecule has 0 saturated heterocycles. The van der Waals surface area contributed by atoms with Crippen LogP contribution in [0.2, 0.25) is 0 Å². The van der Waals surface area contributed by atoms with Gasteiger partial charge in [-0.25, -0.2) is 14.8 Å². The van der Waals surface area contributed by atoms with Crippen molar-refractivity contribution in [2.75, 3.05) is 11.6 Å². The maximum Gasteiger partial charge on any atom is 0.413 e. The molecule has 1 aromatic carbocycles. The van der Waals surface area contributed by atoms with Crippen LogP contribution in [0.4, 0.5) is 10.6 Å². The normalized spacial score (nSPS) is 10.1. The largest absolute Gasteiger partial charge is 0.444 e. The first-order valence-corrected chi connectivity index (χ1v) is 7.75. The average molecular weight is 354 g/mol. The van der Waals surface area contributed by atoms with Gasteiger partial charge in [-0.2, -0.15) is 0 Å². The Hall–Kier alpha value is -1.60. The van der Waals surface area contributed by atoms with E-state index in [0.29, 0.717) is 15.4 Å². The summed E-state index contributed by atoms with van der Waals surface area (Å²) >= 11 is 4.67. The molecule has 2 rings (SSSR count). The molecule has 2 aromatic rings. The highest BCUT2D eigenvalue weighted by Crippen LogP contribution is 2.21. The molecule has 0 saturated carbocycles. The monoisotopic (exact) mass is 353 g/mol. The standard InChI is InChI=1S/C13H12BrN3O2S/c1-20-12-15-7-10(14)11(16-12)17-13(18)19-8-9-5-3-2-4-6-9/h2-7H,8H2,1H3,(H,15,16,17,18). The van der Waals surface area contributed by atoms with E-state index in [1.165, 1.54) is 11.8 Å². The second-order valence-corrected chi connectivity index (χ2v) is 5.37. The molecule has 7 heteroatoms. The Morgan fingerprint density at radius 2 is 2.15 bits per heavy atom. The molecule has 1 heterocycles. The van der Waals surface area contributed by atoms with Crippen LogP contribution < -0.4 is 5.32 Å². The zero-order valence-electron chi connectivity index (χ0n) is 10.7. The summed E-state index contributed by atoms with van der Waals surface area (Å²) in [4.78, 5) is 20.0. The highest BCUT2D eigenvalue weighted by molar-refractivity contribution is 9.10. The molecule has 0 unspecified atom stereocenters. The number of thioether (sulfide) groups is 1. The Kier molecular flexibility index (Phi) is 5.37. The Labute approximate surface area is 129 Å². The SMILES string of the molecule is CSc1ncc(Br)c(NC(=O)OCc2ccccc2)n1. The number of anilines is 1. The molecule has 0 aliphatic heterocycles. The Morgan fingerprint density at radius 3 is 2.85 bits per heavy atom. The third-order valence-electron chi connectivity index (χ3n) is 2.34. The van der Waals surface area contributed by atoms with Crippen LogP contribution in [0.5, 0.6) is 0 Å². The fourth-order valence-corrected chi connectivity index (χ4v) is 2.02. The van der Waals surface area contributed by atoms with E-state index >= 15 is 0 Å². The van der Waals surface area contributed by atoms with Gasteiger partial charge < -0.3 is 4.74 Å². The van der Waals surface area contributed by atoms with Crippen molar-refractivity contribution in [3.05, 3.63) is 46.6 Å². The van der Waals surface area contributed by atoms with Crippen LogP contribution in [0, 0.1) is 0 Å². The Bertz CT molecular complexity index is 595. The summed E-state index contributed by atoms with van der Waals surface area (Å²) in [6, 6.07) is 9.47. The highest BCUT2D eigenvalue weighted by Gasteiger charge is 2.09. The molecule has 0 aliphatic carbocycles. The van der Waals surface area contributed by atoms with Gasteiger partial charge in [0.15, 0.2) is 11.0 Å². The lowest BCUT2D eigenvalue weighted by molar-refractivity contribution is 0.155. The molecule has 0 aliphatic rings. The van der Waals surface area contributed by atoms with E-state index in [4.69, 9.17) is 4.74 Å². The fourth-order valence-electron chi connectivity index (χ4n) is 1.39. The number of hydrogen-bond donors (Lipinski definition) is 1. The van der Waals surface area contributed by atoms with Crippen LogP contribution in [-0.2, 0) is 11.3 Å². The van der Waals surface area contributed by atoms with Crippen LogP contribution in [0.3, 0.4) is 0 Å². The van der Waals surface area contributed by atoms with Gasteiger partial charge in [0, 0.05) is 6.20 Å². The summed E-state index contributed by atoms with van der Waals surface area (Å²) in [5.74, 6) is 0.391. The van der Waals surface area contributed by atoms with Crippen LogP contribution in [0.1, 0.15) is 5.56 Å². The van der Waals surface area contributed by atoms with Gasteiger partial charge in [0.2, 0.25) is 0 Å². The molecule has 5 nitrogen and oxygen atoms in total. The van der Waals surface area contributed by atoms with E-state index in [2.05, 4.69) is 31.2 Å². The maximum atomic E-state index is 11.7. The van der Waals surface area contributed by atoms with Crippen LogP contribution in [0.15, 0.2) is 46.2 Å². The summed E-state index contributed by atoms with van der Waals surface area (Å²) in [7, 11) is 0. The summed E-state index contributed by atoms with van der Waals surface area (Å²) < 4.78 is 5.73. The van der Waals surface area contributed by atoms with Gasteiger partial charge in [-0.05, 0) is 27.7 Å². The lowest BCUT2D eigenvalue weighted by Gasteiger charge is -2.08. The molecule has 0 atom stereocenters. The van der Waals surface area contributed by atoms with Crippen LogP contribution in [0.25, 0.3) is 0 Å². The van der Waals surface area contributed by atoms with E-state index in [0.717, 1.165) is 5.56 Å². The Morgan fingerprint density at radius 1 is 1.40 bits per heavy atom. The first-order chi connectivity index (χ1) is 9.69. The number of aromatic nitrogens is 2. The summed E-state index contributed by atoms with van der Waals surface area (Å²) in [5, 5.41) is 3.16. The van der Waals surface area contributed by atoms with Crippen LogP contribution >= 0.6 is 27.7 Å². The van der Waals surface area contributed by atoms with Crippen molar-refractivity contribution in [1.82, 2.24) is 9.97 Å². The fraction of sp³-hybridized carbons (Fsp3) is 0.154. The molecular formula is C13H12BrN3O2S. The summed E-state index contributed by atoms with van der Waals surface area (Å²) in [6.45, 7) is 0.213. The number of nitrogens with zero attached hydrogens (tertiary/aromatic N) is 2. The van der Waals surface area contributed by atoms with Gasteiger partial charge in [-0.15, -0.1) is 0 Å². The van der Waals surface area contributed by atoms with Crippen molar-refractivity contribution in [2.45, 2.75) is 11.8 Å². The summed E-state index contributed by atoms with van der Waals surface area (Å²) in [6.07, 6.45) is 2.90. The van der Waals surface area contributed by atoms with E-state index < -0.39 is 6.09 Å². The molecule has 0 radical (unpaired) electrons. The minimum atomic E-state index is -0.555. The molecule has 104 valence electrons. The van der Waals surface area contributed by atoms with E-state index in [1.807, 2.05) is 36.6 Å². The zero-order valence-corrected chi connectivity index (χ0v) is 13.1. The predicted octanol–water partition coefficient (Wildman–Crippen LogP) is 3.71. The molecular weight excluding hydrogens is 342 g/mol. The molecule has 1 amide bonds. The number of rotatable bonds is 4. The molecule has 1 aromatic heterocycles. The first-order valence-electron chi connectivity index (χ1n) is 5.73. The third-order valence-corrected chi connectivity index (χ3v) is 3.48. The van der Waals surface area contributed by atoms with Crippen molar-refractivity contribution in [1.29, 1.82) is 0 Å². The number of hydrogen-bond acceptors (Lipinski definition) is 5. The Balaban J connectivity index is 1.94. The van der Waals surface area contributed by atoms with Gasteiger partial charge in [0.05, 0.1) is 4.47 Å². The third kappa shape index (κ3) is 4.21. The smallest absolute Gasteiger partial charge is 0.413 e. The molecule has 20 heavy (non-hydrogen) atoms. The predicted molar refractivity (Wildman–Crippen MR) is 81.8 cm³/mol. The quantitative estimate of drug-likeness (QED) is 0.670. The number of benzene rings is 1. The number of carbonyl (C=O) groups is 1. The average Bonchev–Trinajstić information content (AvgIpc) is 2.48.